The molecule has 2 saturated carbocycles. The first-order valence-electron chi connectivity index (χ1n) is 6.48. The second kappa shape index (κ2) is 5.56. The molecule has 0 aromatic heterocycles. The van der Waals surface area contributed by atoms with E-state index in [1.165, 1.54) is 25.7 Å². The number of carbonyl (C=O) groups excluding carboxylic acids is 1. The summed E-state index contributed by atoms with van der Waals surface area (Å²) in [6.45, 7) is 0.00164. The quantitative estimate of drug-likeness (QED) is 0.563. The van der Waals surface area contributed by atoms with Crippen LogP contribution in [0.2, 0.25) is 0 Å². The molecule has 0 heterocycles. The molecule has 0 spiro atoms. The molecule has 0 aromatic rings. The Morgan fingerprint density at radius 1 is 1.28 bits per heavy atom. The lowest BCUT2D eigenvalue weighted by Crippen LogP contribution is -2.49. The van der Waals surface area contributed by atoms with E-state index in [4.69, 9.17) is 10.2 Å². The van der Waals surface area contributed by atoms with E-state index in [1.54, 1.807) is 0 Å². The number of aliphatic hydroxyl groups excluding tert-OH is 1. The zero-order valence-electron chi connectivity index (χ0n) is 10.3. The summed E-state index contributed by atoms with van der Waals surface area (Å²) in [7, 11) is 0. The third kappa shape index (κ3) is 2.93. The monoisotopic (exact) mass is 256 g/mol. The van der Waals surface area contributed by atoms with Crippen LogP contribution in [0.15, 0.2) is 0 Å². The van der Waals surface area contributed by atoms with Crippen molar-refractivity contribution in [2.45, 2.75) is 31.7 Å². The topological polar surface area (TPSA) is 98.7 Å². The highest BCUT2D eigenvalue weighted by molar-refractivity contribution is 5.82. The van der Waals surface area contributed by atoms with E-state index in [-0.39, 0.29) is 0 Å². The number of hydrogen-bond acceptors (Lipinski definition) is 3. The van der Waals surface area contributed by atoms with E-state index in [0.29, 0.717) is 12.5 Å². The lowest BCUT2D eigenvalue weighted by Gasteiger charge is -2.22. The molecule has 2 amide bonds. The van der Waals surface area contributed by atoms with Crippen molar-refractivity contribution in [3.8, 4) is 0 Å². The Bertz CT molecular complexity index is 334. The maximum atomic E-state index is 11.5. The van der Waals surface area contributed by atoms with Gasteiger partial charge < -0.3 is 20.8 Å². The van der Waals surface area contributed by atoms with Crippen molar-refractivity contribution >= 4 is 12.0 Å². The van der Waals surface area contributed by atoms with Gasteiger partial charge in [0.05, 0.1) is 6.61 Å². The van der Waals surface area contributed by atoms with Crippen LogP contribution in [0.1, 0.15) is 25.7 Å². The van der Waals surface area contributed by atoms with Crippen molar-refractivity contribution < 1.29 is 19.8 Å². The summed E-state index contributed by atoms with van der Waals surface area (Å²) < 4.78 is 0. The van der Waals surface area contributed by atoms with E-state index in [0.717, 1.165) is 11.8 Å². The fourth-order valence-corrected chi connectivity index (χ4v) is 3.25. The Labute approximate surface area is 106 Å². The Morgan fingerprint density at radius 2 is 2.06 bits per heavy atom. The number of rotatable bonds is 5. The maximum Gasteiger partial charge on any atom is 0.328 e. The number of amides is 2. The first-order chi connectivity index (χ1) is 8.60. The van der Waals surface area contributed by atoms with Crippen LogP contribution < -0.4 is 10.6 Å². The molecule has 2 aliphatic carbocycles. The molecule has 0 aliphatic heterocycles. The minimum atomic E-state index is -1.23. The predicted octanol–water partition coefficient (Wildman–Crippen LogP) is 0.167. The van der Waals surface area contributed by atoms with Crippen molar-refractivity contribution in [3.05, 3.63) is 0 Å². The summed E-state index contributed by atoms with van der Waals surface area (Å²) in [4.78, 5) is 22.1. The Morgan fingerprint density at radius 3 is 2.56 bits per heavy atom. The minimum absolute atomic E-state index is 0.515. The molecule has 18 heavy (non-hydrogen) atoms. The SMILES string of the molecule is O=C(NCC1CC2CCC1C2)NC(CO)C(=O)O. The van der Waals surface area contributed by atoms with E-state index >= 15 is 0 Å². The van der Waals surface area contributed by atoms with Gasteiger partial charge in [0.25, 0.3) is 0 Å². The van der Waals surface area contributed by atoms with Gasteiger partial charge in [-0.15, -0.1) is 0 Å². The molecule has 6 heteroatoms. The molecule has 0 saturated heterocycles. The highest BCUT2D eigenvalue weighted by atomic mass is 16.4. The molecule has 2 fully saturated rings. The summed E-state index contributed by atoms with van der Waals surface area (Å²) in [5, 5.41) is 22.4. The Kier molecular flexibility index (Phi) is 4.06. The average Bonchev–Trinajstić information content (AvgIpc) is 2.95. The number of aliphatic hydroxyl groups is 1. The number of carbonyl (C=O) groups is 2. The molecule has 4 atom stereocenters. The number of hydrogen-bond donors (Lipinski definition) is 4. The Balaban J connectivity index is 1.70. The molecule has 0 aromatic carbocycles. The van der Waals surface area contributed by atoms with Gasteiger partial charge in [-0.05, 0) is 37.0 Å². The highest BCUT2D eigenvalue weighted by Crippen LogP contribution is 2.47. The summed E-state index contributed by atoms with van der Waals surface area (Å²) in [6.07, 6.45) is 5.03. The zero-order valence-corrected chi connectivity index (χ0v) is 10.3. The first kappa shape index (κ1) is 13.1. The minimum Gasteiger partial charge on any atom is -0.480 e. The normalized spacial score (nSPS) is 31.1. The van der Waals surface area contributed by atoms with Gasteiger partial charge in [-0.25, -0.2) is 9.59 Å². The number of nitrogens with one attached hydrogen (secondary N) is 2. The van der Waals surface area contributed by atoms with Gasteiger partial charge in [-0.2, -0.15) is 0 Å². The number of urea groups is 1. The summed E-state index contributed by atoms with van der Waals surface area (Å²) in [6, 6.07) is -1.75. The second-order valence-electron chi connectivity index (χ2n) is 5.36. The van der Waals surface area contributed by atoms with Crippen molar-refractivity contribution in [1.29, 1.82) is 0 Å². The first-order valence-corrected chi connectivity index (χ1v) is 6.48. The predicted molar refractivity (Wildman–Crippen MR) is 64.0 cm³/mol. The second-order valence-corrected chi connectivity index (χ2v) is 5.36. The number of fused-ring (bicyclic) bond motifs is 2. The molecular weight excluding hydrogens is 236 g/mol. The highest BCUT2D eigenvalue weighted by Gasteiger charge is 2.39. The standard InChI is InChI=1S/C12H20N2O4/c15-6-10(11(16)17)14-12(18)13-5-9-4-7-1-2-8(9)3-7/h7-10,15H,1-6H2,(H,16,17)(H2,13,14,18). The van der Waals surface area contributed by atoms with E-state index in [2.05, 4.69) is 10.6 Å². The average molecular weight is 256 g/mol. The number of aliphatic carboxylic acids is 1. The lowest BCUT2D eigenvalue weighted by molar-refractivity contribution is -0.140. The van der Waals surface area contributed by atoms with E-state index < -0.39 is 24.6 Å². The molecule has 6 nitrogen and oxygen atoms in total. The molecule has 2 aliphatic rings. The van der Waals surface area contributed by atoms with E-state index in [9.17, 15) is 9.59 Å². The van der Waals surface area contributed by atoms with Gasteiger partial charge in [0.1, 0.15) is 0 Å². The van der Waals surface area contributed by atoms with E-state index in [1.807, 2.05) is 0 Å². The van der Waals surface area contributed by atoms with Crippen LogP contribution in [0.25, 0.3) is 0 Å². The van der Waals surface area contributed by atoms with Crippen LogP contribution in [-0.4, -0.2) is 41.4 Å². The van der Waals surface area contributed by atoms with Crippen molar-refractivity contribution in [3.63, 3.8) is 0 Å². The molecule has 4 N–H and O–H groups in total. The van der Waals surface area contributed by atoms with Crippen molar-refractivity contribution in [2.75, 3.05) is 13.2 Å². The van der Waals surface area contributed by atoms with Gasteiger partial charge in [0.2, 0.25) is 0 Å². The Hall–Kier alpha value is -1.30. The van der Waals surface area contributed by atoms with Gasteiger partial charge >= 0.3 is 12.0 Å². The van der Waals surface area contributed by atoms with Crippen molar-refractivity contribution in [1.82, 2.24) is 10.6 Å². The van der Waals surface area contributed by atoms with Crippen LogP contribution in [0, 0.1) is 17.8 Å². The number of carboxylic acids is 1. The van der Waals surface area contributed by atoms with Crippen LogP contribution >= 0.6 is 0 Å². The van der Waals surface area contributed by atoms with Gasteiger partial charge in [-0.1, -0.05) is 6.42 Å². The summed E-state index contributed by atoms with van der Waals surface area (Å²) >= 11 is 0. The summed E-state index contributed by atoms with van der Waals surface area (Å²) in [5.74, 6) is 0.858. The molecule has 2 rings (SSSR count). The third-order valence-corrected chi connectivity index (χ3v) is 4.20. The molecule has 4 unspecified atom stereocenters. The molecule has 0 radical (unpaired) electrons. The largest absolute Gasteiger partial charge is 0.480 e. The number of carboxylic acid groups (broad SMARTS) is 1. The van der Waals surface area contributed by atoms with Gasteiger partial charge in [0, 0.05) is 6.54 Å². The zero-order chi connectivity index (χ0) is 13.1. The smallest absolute Gasteiger partial charge is 0.328 e. The summed E-state index contributed by atoms with van der Waals surface area (Å²) in [5.41, 5.74) is 0. The van der Waals surface area contributed by atoms with Crippen LogP contribution in [0.5, 0.6) is 0 Å². The fourth-order valence-electron chi connectivity index (χ4n) is 3.25. The maximum absolute atomic E-state index is 11.5. The van der Waals surface area contributed by atoms with Gasteiger partial charge in [-0.3, -0.25) is 0 Å². The van der Waals surface area contributed by atoms with Crippen LogP contribution in [0.4, 0.5) is 4.79 Å². The third-order valence-electron chi connectivity index (χ3n) is 4.20. The fraction of sp³-hybridized carbons (Fsp3) is 0.833. The van der Waals surface area contributed by atoms with Crippen LogP contribution in [-0.2, 0) is 4.79 Å². The van der Waals surface area contributed by atoms with Crippen LogP contribution in [0.3, 0.4) is 0 Å². The van der Waals surface area contributed by atoms with Gasteiger partial charge in [0.15, 0.2) is 6.04 Å². The molecule has 102 valence electrons. The van der Waals surface area contributed by atoms with Crippen molar-refractivity contribution in [2.24, 2.45) is 17.8 Å². The lowest BCUT2D eigenvalue weighted by atomic mass is 9.89. The molecular formula is C12H20N2O4. The molecule has 2 bridgehead atoms.